The van der Waals surface area contributed by atoms with E-state index in [0.29, 0.717) is 39.1 Å². The van der Waals surface area contributed by atoms with Crippen LogP contribution in [-0.2, 0) is 9.59 Å². The lowest BCUT2D eigenvalue weighted by atomic mass is 10.2. The molecule has 25 heavy (non-hydrogen) atoms. The van der Waals surface area contributed by atoms with Gasteiger partial charge in [0.2, 0.25) is 11.8 Å². The molecule has 2 rings (SSSR count). The number of likely N-dealkylation sites (tertiary alicyclic amines) is 1. The van der Waals surface area contributed by atoms with Crippen molar-refractivity contribution in [2.45, 2.75) is 32.5 Å². The highest BCUT2D eigenvalue weighted by Crippen LogP contribution is 2.24. The molecular formula is C16H27F3N4O2. The predicted octanol–water partition coefficient (Wildman–Crippen LogP) is 0.636. The van der Waals surface area contributed by atoms with Crippen molar-refractivity contribution in [1.29, 1.82) is 0 Å². The van der Waals surface area contributed by atoms with Crippen molar-refractivity contribution >= 4 is 11.8 Å². The molecular weight excluding hydrogens is 337 g/mol. The summed E-state index contributed by atoms with van der Waals surface area (Å²) < 4.78 is 37.5. The molecule has 0 aliphatic carbocycles. The Labute approximate surface area is 146 Å². The molecule has 2 aliphatic heterocycles. The van der Waals surface area contributed by atoms with Crippen LogP contribution >= 0.6 is 0 Å². The number of likely N-dealkylation sites (N-methyl/N-ethyl adjacent to an activating group) is 1. The minimum Gasteiger partial charge on any atom is -0.339 e. The lowest BCUT2D eigenvalue weighted by Gasteiger charge is -2.38. The van der Waals surface area contributed by atoms with Gasteiger partial charge in [0.25, 0.3) is 0 Å². The number of carbonyl (C=O) groups is 2. The summed E-state index contributed by atoms with van der Waals surface area (Å²) >= 11 is 0. The number of hydrogen-bond donors (Lipinski definition) is 0. The first-order chi connectivity index (χ1) is 11.7. The van der Waals surface area contributed by atoms with E-state index in [4.69, 9.17) is 0 Å². The Hall–Kier alpha value is -1.35. The lowest BCUT2D eigenvalue weighted by molar-refractivity contribution is -0.159. The summed E-state index contributed by atoms with van der Waals surface area (Å²) in [6, 6.07) is -0.484. The van der Waals surface area contributed by atoms with Crippen molar-refractivity contribution in [2.75, 3.05) is 58.9 Å². The molecule has 2 fully saturated rings. The quantitative estimate of drug-likeness (QED) is 0.694. The third kappa shape index (κ3) is 5.31. The molecule has 0 aromatic rings. The molecule has 1 unspecified atom stereocenters. The Morgan fingerprint density at radius 3 is 2.24 bits per heavy atom. The summed E-state index contributed by atoms with van der Waals surface area (Å²) in [4.78, 5) is 31.1. The maximum Gasteiger partial charge on any atom is 0.406 e. The Kier molecular flexibility index (Phi) is 6.67. The maximum absolute atomic E-state index is 12.5. The zero-order chi connectivity index (χ0) is 18.6. The maximum atomic E-state index is 12.5. The number of nitrogens with zero attached hydrogens (tertiary/aromatic N) is 4. The summed E-state index contributed by atoms with van der Waals surface area (Å²) in [6.45, 7) is 7.08. The number of halogens is 3. The van der Waals surface area contributed by atoms with Crippen molar-refractivity contribution in [3.8, 4) is 0 Å². The van der Waals surface area contributed by atoms with Gasteiger partial charge in [-0.25, -0.2) is 0 Å². The summed E-state index contributed by atoms with van der Waals surface area (Å²) in [6.07, 6.45) is -3.94. The van der Waals surface area contributed by atoms with Crippen molar-refractivity contribution in [3.63, 3.8) is 0 Å². The number of alkyl halides is 3. The van der Waals surface area contributed by atoms with Crippen LogP contribution in [0, 0.1) is 0 Å². The first kappa shape index (κ1) is 20.0. The summed E-state index contributed by atoms with van der Waals surface area (Å²) in [5.74, 6) is -0.375. The zero-order valence-electron chi connectivity index (χ0n) is 14.9. The van der Waals surface area contributed by atoms with Gasteiger partial charge in [0.1, 0.15) is 6.54 Å². The highest BCUT2D eigenvalue weighted by Gasteiger charge is 2.42. The molecule has 2 saturated heterocycles. The van der Waals surface area contributed by atoms with Crippen LogP contribution in [0.1, 0.15) is 20.3 Å². The van der Waals surface area contributed by atoms with Crippen molar-refractivity contribution in [3.05, 3.63) is 0 Å². The molecule has 2 amide bonds. The van der Waals surface area contributed by atoms with E-state index in [1.807, 2.05) is 23.6 Å². The van der Waals surface area contributed by atoms with Gasteiger partial charge in [-0.15, -0.1) is 0 Å². The fraction of sp³-hybridized carbons (Fsp3) is 0.875. The third-order valence-corrected chi connectivity index (χ3v) is 5.00. The van der Waals surface area contributed by atoms with Gasteiger partial charge >= 0.3 is 6.18 Å². The summed E-state index contributed by atoms with van der Waals surface area (Å²) in [5.41, 5.74) is 0. The number of hydrogen-bond acceptors (Lipinski definition) is 4. The zero-order valence-corrected chi connectivity index (χ0v) is 14.9. The molecule has 0 radical (unpaired) electrons. The van der Waals surface area contributed by atoms with Crippen molar-refractivity contribution < 1.29 is 22.8 Å². The molecule has 9 heteroatoms. The van der Waals surface area contributed by atoms with Crippen LogP contribution in [0.15, 0.2) is 0 Å². The molecule has 2 heterocycles. The first-order valence-electron chi connectivity index (χ1n) is 8.84. The van der Waals surface area contributed by atoms with Gasteiger partial charge in [-0.05, 0) is 19.5 Å². The van der Waals surface area contributed by atoms with E-state index in [1.54, 1.807) is 4.90 Å². The molecule has 0 spiro atoms. The fourth-order valence-electron chi connectivity index (χ4n) is 3.46. The van der Waals surface area contributed by atoms with Crippen LogP contribution in [0.5, 0.6) is 0 Å². The SMILES string of the molecule is CCN(CC)CC(=O)N1CCN(C2CCN(CC(F)(F)F)C2=O)CC1. The van der Waals surface area contributed by atoms with Gasteiger partial charge in [-0.1, -0.05) is 13.8 Å². The van der Waals surface area contributed by atoms with E-state index in [-0.39, 0.29) is 12.5 Å². The monoisotopic (exact) mass is 364 g/mol. The average Bonchev–Trinajstić information content (AvgIpc) is 2.91. The highest BCUT2D eigenvalue weighted by molar-refractivity contribution is 5.84. The largest absolute Gasteiger partial charge is 0.406 e. The number of rotatable bonds is 6. The Balaban J connectivity index is 1.82. The number of piperazine rings is 1. The fourth-order valence-corrected chi connectivity index (χ4v) is 3.46. The van der Waals surface area contributed by atoms with Crippen molar-refractivity contribution in [2.24, 2.45) is 0 Å². The molecule has 2 aliphatic rings. The summed E-state index contributed by atoms with van der Waals surface area (Å²) in [5, 5.41) is 0. The van der Waals surface area contributed by atoms with Gasteiger partial charge in [0, 0.05) is 32.7 Å². The molecule has 0 aromatic carbocycles. The number of carbonyl (C=O) groups excluding carboxylic acids is 2. The topological polar surface area (TPSA) is 47.1 Å². The van der Waals surface area contributed by atoms with Crippen LogP contribution in [0.2, 0.25) is 0 Å². The van der Waals surface area contributed by atoms with Gasteiger partial charge in [0.05, 0.1) is 12.6 Å². The molecule has 0 aromatic heterocycles. The predicted molar refractivity (Wildman–Crippen MR) is 87.0 cm³/mol. The highest BCUT2D eigenvalue weighted by atomic mass is 19.4. The van der Waals surface area contributed by atoms with Gasteiger partial charge in [-0.3, -0.25) is 19.4 Å². The standard InChI is InChI=1S/C16H27F3N4O2/c1-3-20(4-2)11-14(24)22-9-7-21(8-10-22)13-5-6-23(15(13)25)12-16(17,18)19/h13H,3-12H2,1-2H3. The van der Waals surface area contributed by atoms with Crippen LogP contribution in [0.25, 0.3) is 0 Å². The average molecular weight is 364 g/mol. The Bertz CT molecular complexity index is 474. The molecule has 6 nitrogen and oxygen atoms in total. The van der Waals surface area contributed by atoms with Gasteiger partial charge in [-0.2, -0.15) is 13.2 Å². The molecule has 0 N–H and O–H groups in total. The molecule has 144 valence electrons. The molecule has 1 atom stereocenters. The molecule has 0 saturated carbocycles. The van der Waals surface area contributed by atoms with Crippen LogP contribution in [0.3, 0.4) is 0 Å². The second-order valence-electron chi connectivity index (χ2n) is 6.56. The summed E-state index contributed by atoms with van der Waals surface area (Å²) in [7, 11) is 0. The van der Waals surface area contributed by atoms with Gasteiger partial charge in [0.15, 0.2) is 0 Å². The third-order valence-electron chi connectivity index (χ3n) is 5.00. The van der Waals surface area contributed by atoms with E-state index in [9.17, 15) is 22.8 Å². The van der Waals surface area contributed by atoms with E-state index < -0.39 is 24.7 Å². The van der Waals surface area contributed by atoms with Crippen LogP contribution < -0.4 is 0 Å². The normalized spacial score (nSPS) is 23.0. The van der Waals surface area contributed by atoms with E-state index >= 15 is 0 Å². The van der Waals surface area contributed by atoms with Gasteiger partial charge < -0.3 is 9.80 Å². The van der Waals surface area contributed by atoms with Crippen LogP contribution in [0.4, 0.5) is 13.2 Å². The minimum atomic E-state index is -4.36. The van der Waals surface area contributed by atoms with E-state index in [2.05, 4.69) is 0 Å². The van der Waals surface area contributed by atoms with Crippen molar-refractivity contribution in [1.82, 2.24) is 19.6 Å². The Morgan fingerprint density at radius 1 is 1.12 bits per heavy atom. The van der Waals surface area contributed by atoms with Crippen LogP contribution in [-0.4, -0.2) is 103 Å². The minimum absolute atomic E-state index is 0.0693. The number of amides is 2. The second kappa shape index (κ2) is 8.35. The first-order valence-corrected chi connectivity index (χ1v) is 8.84. The van der Waals surface area contributed by atoms with E-state index in [0.717, 1.165) is 18.0 Å². The molecule has 0 bridgehead atoms. The lowest BCUT2D eigenvalue weighted by Crippen LogP contribution is -2.55. The Morgan fingerprint density at radius 2 is 1.72 bits per heavy atom. The van der Waals surface area contributed by atoms with E-state index in [1.165, 1.54) is 0 Å². The second-order valence-corrected chi connectivity index (χ2v) is 6.56. The smallest absolute Gasteiger partial charge is 0.339 e.